The molecule has 0 heterocycles. The molecule has 5 heteroatoms. The fourth-order valence-electron chi connectivity index (χ4n) is 1.93. The van der Waals surface area contributed by atoms with E-state index in [1.165, 1.54) is 6.26 Å². The summed E-state index contributed by atoms with van der Waals surface area (Å²) in [6, 6.07) is 15.1. The predicted octanol–water partition coefficient (Wildman–Crippen LogP) is 4.06. The van der Waals surface area contributed by atoms with Crippen molar-refractivity contribution in [3.05, 3.63) is 64.7 Å². The number of hydrogen-bond acceptors (Lipinski definition) is 3. The second-order valence-corrected chi connectivity index (χ2v) is 7.88. The van der Waals surface area contributed by atoms with Gasteiger partial charge in [0.15, 0.2) is 9.84 Å². The van der Waals surface area contributed by atoms with Crippen molar-refractivity contribution in [1.29, 1.82) is 0 Å². The number of hydrogen-bond donors (Lipinski definition) is 1. The maximum absolute atomic E-state index is 11.5. The smallest absolute Gasteiger partial charge is 0.154 e. The van der Waals surface area contributed by atoms with Gasteiger partial charge >= 0.3 is 0 Å². The number of nitrogens with one attached hydrogen (secondary N) is 1. The Labute approximate surface area is 130 Å². The first-order valence-corrected chi connectivity index (χ1v) is 8.96. The number of benzene rings is 2. The van der Waals surface area contributed by atoms with Crippen molar-refractivity contribution in [3.63, 3.8) is 0 Å². The monoisotopic (exact) mass is 323 g/mol. The van der Waals surface area contributed by atoms with E-state index < -0.39 is 15.1 Å². The van der Waals surface area contributed by atoms with Crippen LogP contribution in [0, 0.1) is 0 Å². The van der Waals surface area contributed by atoms with Gasteiger partial charge in [-0.15, -0.1) is 0 Å². The number of anilines is 1. The van der Waals surface area contributed by atoms with Gasteiger partial charge in [-0.05, 0) is 42.3 Å². The van der Waals surface area contributed by atoms with Crippen LogP contribution in [0.4, 0.5) is 5.69 Å². The van der Waals surface area contributed by atoms with Gasteiger partial charge in [-0.1, -0.05) is 35.9 Å². The largest absolute Gasteiger partial charge is 0.381 e. The molecule has 0 aliphatic carbocycles. The van der Waals surface area contributed by atoms with E-state index in [0.717, 1.165) is 21.8 Å². The molecular weight excluding hydrogens is 306 g/mol. The molecule has 0 aliphatic heterocycles. The zero-order valence-corrected chi connectivity index (χ0v) is 13.6. The van der Waals surface area contributed by atoms with Gasteiger partial charge in [-0.2, -0.15) is 0 Å². The summed E-state index contributed by atoms with van der Waals surface area (Å²) in [5, 5.41) is 3.53. The summed E-state index contributed by atoms with van der Waals surface area (Å²) in [5.41, 5.74) is 2.89. The van der Waals surface area contributed by atoms with Crippen LogP contribution in [0.1, 0.15) is 23.3 Å². The molecule has 2 aromatic rings. The van der Waals surface area contributed by atoms with E-state index in [1.54, 1.807) is 6.92 Å². The second kappa shape index (κ2) is 6.50. The van der Waals surface area contributed by atoms with Gasteiger partial charge in [-0.3, -0.25) is 0 Å². The summed E-state index contributed by atoms with van der Waals surface area (Å²) in [6.45, 7) is 2.39. The molecule has 0 saturated heterocycles. The third-order valence-electron chi connectivity index (χ3n) is 3.43. The molecule has 21 heavy (non-hydrogen) atoms. The molecule has 3 nitrogen and oxygen atoms in total. The van der Waals surface area contributed by atoms with Crippen LogP contribution in [0.15, 0.2) is 48.5 Å². The van der Waals surface area contributed by atoms with E-state index in [9.17, 15) is 8.42 Å². The highest BCUT2D eigenvalue weighted by molar-refractivity contribution is 7.90. The number of rotatable bonds is 5. The van der Waals surface area contributed by atoms with Gasteiger partial charge in [-0.25, -0.2) is 8.42 Å². The summed E-state index contributed by atoms with van der Waals surface area (Å²) >= 11 is 5.84. The normalized spacial score (nSPS) is 12.9. The topological polar surface area (TPSA) is 46.2 Å². The Morgan fingerprint density at radius 2 is 1.62 bits per heavy atom. The maximum Gasteiger partial charge on any atom is 0.154 e. The van der Waals surface area contributed by atoms with Gasteiger partial charge in [0.1, 0.15) is 0 Å². The fraction of sp³-hybridized carbons (Fsp3) is 0.250. The van der Waals surface area contributed by atoms with Gasteiger partial charge in [0.05, 0.1) is 5.25 Å². The highest BCUT2D eigenvalue weighted by Crippen LogP contribution is 2.22. The Bertz CT molecular complexity index is 694. The van der Waals surface area contributed by atoms with Crippen molar-refractivity contribution in [2.24, 2.45) is 0 Å². The van der Waals surface area contributed by atoms with Crippen molar-refractivity contribution in [2.45, 2.75) is 18.7 Å². The highest BCUT2D eigenvalue weighted by atomic mass is 35.5. The van der Waals surface area contributed by atoms with Crippen LogP contribution >= 0.6 is 11.6 Å². The standard InChI is InChI=1S/C16H18ClNO2S/c1-12(21(2,19)20)14-5-9-16(10-6-14)18-11-13-3-7-15(17)8-4-13/h3-10,12,18H,11H2,1-2H3. The lowest BCUT2D eigenvalue weighted by molar-refractivity contribution is 0.592. The van der Waals surface area contributed by atoms with Crippen molar-refractivity contribution >= 4 is 27.1 Å². The molecule has 1 atom stereocenters. The maximum atomic E-state index is 11.5. The lowest BCUT2D eigenvalue weighted by Gasteiger charge is -2.11. The van der Waals surface area contributed by atoms with Gasteiger partial charge in [0, 0.05) is 23.5 Å². The van der Waals surface area contributed by atoms with Crippen molar-refractivity contribution in [2.75, 3.05) is 11.6 Å². The summed E-state index contributed by atoms with van der Waals surface area (Å²) in [4.78, 5) is 0. The molecule has 0 aromatic heterocycles. The van der Waals surface area contributed by atoms with Crippen LogP contribution in [0.5, 0.6) is 0 Å². The SMILES string of the molecule is CC(c1ccc(NCc2ccc(Cl)cc2)cc1)S(C)(=O)=O. The first-order valence-electron chi connectivity index (χ1n) is 6.63. The molecule has 2 aromatic carbocycles. The Morgan fingerprint density at radius 1 is 1.05 bits per heavy atom. The first-order chi connectivity index (χ1) is 9.86. The van der Waals surface area contributed by atoms with E-state index in [2.05, 4.69) is 5.32 Å². The molecular formula is C16H18ClNO2S. The molecule has 0 saturated carbocycles. The predicted molar refractivity (Wildman–Crippen MR) is 88.5 cm³/mol. The van der Waals surface area contributed by atoms with E-state index in [-0.39, 0.29) is 0 Å². The van der Waals surface area contributed by atoms with Crippen molar-refractivity contribution in [3.8, 4) is 0 Å². The zero-order chi connectivity index (χ0) is 15.5. The van der Waals surface area contributed by atoms with Crippen molar-refractivity contribution in [1.82, 2.24) is 0 Å². The van der Waals surface area contributed by atoms with E-state index in [1.807, 2.05) is 48.5 Å². The van der Waals surface area contributed by atoms with E-state index in [0.29, 0.717) is 6.54 Å². The number of halogens is 1. The fourth-order valence-corrected chi connectivity index (χ4v) is 2.70. The van der Waals surface area contributed by atoms with Crippen LogP contribution in [-0.4, -0.2) is 14.7 Å². The molecule has 112 valence electrons. The third kappa shape index (κ3) is 4.48. The lowest BCUT2D eigenvalue weighted by Crippen LogP contribution is -2.07. The minimum Gasteiger partial charge on any atom is -0.381 e. The third-order valence-corrected chi connectivity index (χ3v) is 5.24. The Kier molecular flexibility index (Phi) is 4.91. The van der Waals surface area contributed by atoms with Gasteiger partial charge in [0.25, 0.3) is 0 Å². The van der Waals surface area contributed by atoms with Crippen LogP contribution in [-0.2, 0) is 16.4 Å². The average molecular weight is 324 g/mol. The molecule has 0 fully saturated rings. The van der Waals surface area contributed by atoms with Crippen LogP contribution in [0.2, 0.25) is 5.02 Å². The summed E-state index contributed by atoms with van der Waals surface area (Å²) < 4.78 is 23.1. The molecule has 1 N–H and O–H groups in total. The molecule has 0 aliphatic rings. The van der Waals surface area contributed by atoms with Gasteiger partial charge < -0.3 is 5.32 Å². The second-order valence-electron chi connectivity index (χ2n) is 5.07. The van der Waals surface area contributed by atoms with Gasteiger partial charge in [0.2, 0.25) is 0 Å². The highest BCUT2D eigenvalue weighted by Gasteiger charge is 2.16. The minimum absolute atomic E-state index is 0.484. The van der Waals surface area contributed by atoms with Crippen molar-refractivity contribution < 1.29 is 8.42 Å². The molecule has 0 radical (unpaired) electrons. The van der Waals surface area contributed by atoms with E-state index >= 15 is 0 Å². The summed E-state index contributed by atoms with van der Waals surface area (Å²) in [5.74, 6) is 0. The molecule has 0 bridgehead atoms. The van der Waals surface area contributed by atoms with Crippen LogP contribution in [0.25, 0.3) is 0 Å². The van der Waals surface area contributed by atoms with Crippen LogP contribution in [0.3, 0.4) is 0 Å². The summed E-state index contributed by atoms with van der Waals surface area (Å²) in [6.07, 6.45) is 1.25. The molecule has 2 rings (SSSR count). The Balaban J connectivity index is 2.01. The lowest BCUT2D eigenvalue weighted by atomic mass is 10.1. The van der Waals surface area contributed by atoms with Crippen LogP contribution < -0.4 is 5.32 Å². The number of sulfone groups is 1. The first kappa shape index (κ1) is 15.9. The molecule has 1 unspecified atom stereocenters. The Morgan fingerprint density at radius 3 is 2.14 bits per heavy atom. The van der Waals surface area contributed by atoms with E-state index in [4.69, 9.17) is 11.6 Å². The summed E-state index contributed by atoms with van der Waals surface area (Å²) in [7, 11) is -3.06. The minimum atomic E-state index is -3.06. The molecule has 0 amide bonds. The average Bonchev–Trinajstić information content (AvgIpc) is 2.45. The Hall–Kier alpha value is -1.52. The molecule has 0 spiro atoms. The quantitative estimate of drug-likeness (QED) is 0.902. The zero-order valence-electron chi connectivity index (χ0n) is 12.0.